The molecule has 2 aromatic heterocycles. The van der Waals surface area contributed by atoms with Gasteiger partial charge in [0, 0.05) is 19.2 Å². The Bertz CT molecular complexity index is 996. The van der Waals surface area contributed by atoms with Crippen molar-refractivity contribution in [2.75, 3.05) is 0 Å². The maximum Gasteiger partial charge on any atom is 0.270 e. The van der Waals surface area contributed by atoms with E-state index < -0.39 is 0 Å². The van der Waals surface area contributed by atoms with Crippen LogP contribution in [0.5, 0.6) is 5.75 Å². The molecule has 6 heteroatoms. The van der Waals surface area contributed by atoms with Crippen molar-refractivity contribution in [3.8, 4) is 5.75 Å². The van der Waals surface area contributed by atoms with Gasteiger partial charge in [-0.2, -0.15) is 0 Å². The number of imidazole rings is 1. The third-order valence-electron chi connectivity index (χ3n) is 4.62. The number of nitrogens with zero attached hydrogens (tertiary/aromatic N) is 2. The number of carbonyl (C=O) groups excluding carboxylic acids is 1. The maximum absolute atomic E-state index is 12.8. The molecule has 0 bridgehead atoms. The molecule has 1 atom stereocenters. The number of nitrogens with one attached hydrogen (secondary N) is 1. The van der Waals surface area contributed by atoms with Crippen molar-refractivity contribution < 1.29 is 9.53 Å². The van der Waals surface area contributed by atoms with Crippen molar-refractivity contribution >= 4 is 23.2 Å². The Morgan fingerprint density at radius 1 is 1.38 bits per heavy atom. The molecule has 26 heavy (non-hydrogen) atoms. The normalized spacial score (nSPS) is 15.7. The van der Waals surface area contributed by atoms with Gasteiger partial charge in [0.25, 0.3) is 5.91 Å². The molecule has 0 saturated carbocycles. The number of rotatable bonds is 4. The van der Waals surface area contributed by atoms with Crippen LogP contribution in [0.25, 0.3) is 5.65 Å². The smallest absolute Gasteiger partial charge is 0.270 e. The molecule has 0 saturated heterocycles. The number of halogens is 1. The van der Waals surface area contributed by atoms with Crippen LogP contribution in [0, 0.1) is 0 Å². The van der Waals surface area contributed by atoms with Gasteiger partial charge in [0.2, 0.25) is 0 Å². The molecule has 0 fully saturated rings. The second kappa shape index (κ2) is 6.65. The van der Waals surface area contributed by atoms with Crippen molar-refractivity contribution in [3.63, 3.8) is 0 Å². The SMILES string of the molecule is CCc1nc2ccc(Cl)cn2c1C(=O)NCc1ccc2c(c1)CC(C)O2. The van der Waals surface area contributed by atoms with Crippen LogP contribution < -0.4 is 10.1 Å². The molecule has 3 heterocycles. The standard InChI is InChI=1S/C20H20ClN3O2/c1-3-16-19(24-11-15(21)5-7-18(24)23-16)20(25)22-10-13-4-6-17-14(9-13)8-12(2)26-17/h4-7,9,11-12H,3,8,10H2,1-2H3,(H,22,25). The highest BCUT2D eigenvalue weighted by Crippen LogP contribution is 2.29. The first-order valence-corrected chi connectivity index (χ1v) is 9.16. The maximum atomic E-state index is 12.8. The molecular formula is C20H20ClN3O2. The van der Waals surface area contributed by atoms with Gasteiger partial charge in [-0.15, -0.1) is 0 Å². The summed E-state index contributed by atoms with van der Waals surface area (Å²) in [7, 11) is 0. The fourth-order valence-corrected chi connectivity index (χ4v) is 3.57. The first-order valence-electron chi connectivity index (χ1n) is 8.78. The zero-order valence-corrected chi connectivity index (χ0v) is 15.5. The Hall–Kier alpha value is -2.53. The van der Waals surface area contributed by atoms with Crippen molar-refractivity contribution in [2.45, 2.75) is 39.3 Å². The highest BCUT2D eigenvalue weighted by molar-refractivity contribution is 6.30. The van der Waals surface area contributed by atoms with Gasteiger partial charge in [0.15, 0.2) is 0 Å². The van der Waals surface area contributed by atoms with Gasteiger partial charge in [-0.25, -0.2) is 4.98 Å². The lowest BCUT2D eigenvalue weighted by atomic mass is 10.1. The van der Waals surface area contributed by atoms with Crippen molar-refractivity contribution in [3.05, 3.63) is 64.1 Å². The molecule has 1 N–H and O–H groups in total. The van der Waals surface area contributed by atoms with Gasteiger partial charge in [-0.05, 0) is 42.7 Å². The van der Waals surface area contributed by atoms with E-state index in [0.29, 0.717) is 23.7 Å². The largest absolute Gasteiger partial charge is 0.490 e. The molecule has 3 aromatic rings. The van der Waals surface area contributed by atoms with Gasteiger partial charge in [0.1, 0.15) is 23.2 Å². The van der Waals surface area contributed by atoms with Gasteiger partial charge < -0.3 is 10.1 Å². The highest BCUT2D eigenvalue weighted by atomic mass is 35.5. The molecule has 0 spiro atoms. The minimum Gasteiger partial charge on any atom is -0.490 e. The predicted molar refractivity (Wildman–Crippen MR) is 101 cm³/mol. The number of aryl methyl sites for hydroxylation is 1. The number of hydrogen-bond donors (Lipinski definition) is 1. The van der Waals surface area contributed by atoms with Crippen LogP contribution in [-0.4, -0.2) is 21.4 Å². The lowest BCUT2D eigenvalue weighted by molar-refractivity contribution is 0.0944. The molecular weight excluding hydrogens is 350 g/mol. The zero-order valence-electron chi connectivity index (χ0n) is 14.8. The summed E-state index contributed by atoms with van der Waals surface area (Å²) in [5.41, 5.74) is 4.28. The number of fused-ring (bicyclic) bond motifs is 2. The van der Waals surface area contributed by atoms with E-state index in [4.69, 9.17) is 16.3 Å². The summed E-state index contributed by atoms with van der Waals surface area (Å²) in [6.07, 6.45) is 3.52. The molecule has 1 aliphatic heterocycles. The summed E-state index contributed by atoms with van der Waals surface area (Å²) < 4.78 is 7.48. The molecule has 1 aliphatic rings. The minimum atomic E-state index is -0.151. The summed E-state index contributed by atoms with van der Waals surface area (Å²) in [4.78, 5) is 17.4. The number of aromatic nitrogens is 2. The fraction of sp³-hybridized carbons (Fsp3) is 0.300. The number of benzene rings is 1. The van der Waals surface area contributed by atoms with Crippen LogP contribution in [0.15, 0.2) is 36.5 Å². The lowest BCUT2D eigenvalue weighted by Gasteiger charge is -2.08. The van der Waals surface area contributed by atoms with E-state index in [-0.39, 0.29) is 12.0 Å². The number of hydrogen-bond acceptors (Lipinski definition) is 3. The zero-order chi connectivity index (χ0) is 18.3. The van der Waals surface area contributed by atoms with E-state index in [1.807, 2.05) is 25.1 Å². The Labute approximate surface area is 157 Å². The summed E-state index contributed by atoms with van der Waals surface area (Å²) >= 11 is 6.09. The Kier molecular flexibility index (Phi) is 4.32. The van der Waals surface area contributed by atoms with Crippen LogP contribution in [0.1, 0.15) is 41.2 Å². The Morgan fingerprint density at radius 2 is 2.23 bits per heavy atom. The summed E-state index contributed by atoms with van der Waals surface area (Å²) in [6, 6.07) is 9.67. The Balaban J connectivity index is 1.57. The molecule has 4 rings (SSSR count). The summed E-state index contributed by atoms with van der Waals surface area (Å²) in [5.74, 6) is 0.791. The monoisotopic (exact) mass is 369 g/mol. The summed E-state index contributed by atoms with van der Waals surface area (Å²) in [5, 5.41) is 3.58. The molecule has 134 valence electrons. The quantitative estimate of drug-likeness (QED) is 0.761. The molecule has 5 nitrogen and oxygen atoms in total. The second-order valence-electron chi connectivity index (χ2n) is 6.59. The second-order valence-corrected chi connectivity index (χ2v) is 7.03. The van der Waals surface area contributed by atoms with Crippen molar-refractivity contribution in [1.29, 1.82) is 0 Å². The van der Waals surface area contributed by atoms with E-state index in [1.165, 1.54) is 5.56 Å². The van der Waals surface area contributed by atoms with E-state index >= 15 is 0 Å². The van der Waals surface area contributed by atoms with Gasteiger partial charge >= 0.3 is 0 Å². The first-order chi connectivity index (χ1) is 12.5. The molecule has 1 amide bonds. The van der Waals surface area contributed by atoms with Gasteiger partial charge in [-0.3, -0.25) is 9.20 Å². The van der Waals surface area contributed by atoms with Crippen LogP contribution in [0.2, 0.25) is 5.02 Å². The topological polar surface area (TPSA) is 55.6 Å². The number of amides is 1. The molecule has 1 aromatic carbocycles. The predicted octanol–water partition coefficient (Wildman–Crippen LogP) is 3.80. The minimum absolute atomic E-state index is 0.151. The lowest BCUT2D eigenvalue weighted by Crippen LogP contribution is -2.25. The van der Waals surface area contributed by atoms with Crippen LogP contribution >= 0.6 is 11.6 Å². The van der Waals surface area contributed by atoms with Crippen molar-refractivity contribution in [1.82, 2.24) is 14.7 Å². The first kappa shape index (κ1) is 16.9. The number of pyridine rings is 1. The average Bonchev–Trinajstić information content (AvgIpc) is 3.17. The average molecular weight is 370 g/mol. The molecule has 0 radical (unpaired) electrons. The van der Waals surface area contributed by atoms with E-state index in [9.17, 15) is 4.79 Å². The van der Waals surface area contributed by atoms with Crippen LogP contribution in [0.4, 0.5) is 0 Å². The number of carbonyl (C=O) groups is 1. The van der Waals surface area contributed by atoms with E-state index in [0.717, 1.165) is 29.1 Å². The van der Waals surface area contributed by atoms with E-state index in [2.05, 4.69) is 23.3 Å². The molecule has 1 unspecified atom stereocenters. The van der Waals surface area contributed by atoms with Crippen LogP contribution in [-0.2, 0) is 19.4 Å². The van der Waals surface area contributed by atoms with Gasteiger partial charge in [0.05, 0.1) is 10.7 Å². The van der Waals surface area contributed by atoms with E-state index in [1.54, 1.807) is 16.7 Å². The highest BCUT2D eigenvalue weighted by Gasteiger charge is 2.20. The summed E-state index contributed by atoms with van der Waals surface area (Å²) in [6.45, 7) is 4.50. The third-order valence-corrected chi connectivity index (χ3v) is 4.84. The Morgan fingerprint density at radius 3 is 3.04 bits per heavy atom. The number of ether oxygens (including phenoxy) is 1. The third kappa shape index (κ3) is 3.03. The molecule has 0 aliphatic carbocycles. The van der Waals surface area contributed by atoms with Crippen molar-refractivity contribution in [2.24, 2.45) is 0 Å². The van der Waals surface area contributed by atoms with Crippen LogP contribution in [0.3, 0.4) is 0 Å². The van der Waals surface area contributed by atoms with Gasteiger partial charge in [-0.1, -0.05) is 30.7 Å². The fourth-order valence-electron chi connectivity index (χ4n) is 3.41.